The van der Waals surface area contributed by atoms with Crippen molar-refractivity contribution in [3.8, 4) is 0 Å². The topological polar surface area (TPSA) is 63.6 Å². The van der Waals surface area contributed by atoms with Crippen LogP contribution in [0.15, 0.2) is 0 Å². The van der Waals surface area contributed by atoms with Gasteiger partial charge in [0.05, 0.1) is 6.61 Å². The largest absolute Gasteiger partial charge is 0.481 e. The number of ether oxygens (including phenoxy) is 1. The Morgan fingerprint density at radius 1 is 1.50 bits per heavy atom. The number of carbonyl (C=O) groups is 2. The Kier molecular flexibility index (Phi) is 8.40. The van der Waals surface area contributed by atoms with Crippen LogP contribution in [0.25, 0.3) is 0 Å². The van der Waals surface area contributed by atoms with E-state index in [9.17, 15) is 9.59 Å². The van der Waals surface area contributed by atoms with E-state index >= 15 is 0 Å². The molecule has 1 N–H and O–H groups in total. The van der Waals surface area contributed by atoms with E-state index < -0.39 is 18.4 Å². The van der Waals surface area contributed by atoms with E-state index in [-0.39, 0.29) is 29.0 Å². The van der Waals surface area contributed by atoms with Gasteiger partial charge in [0.2, 0.25) is 0 Å². The van der Waals surface area contributed by atoms with Gasteiger partial charge in [-0.3, -0.25) is 9.59 Å². The molecule has 4 nitrogen and oxygen atoms in total. The maximum absolute atomic E-state index is 10.3. The molecule has 0 aromatic heterocycles. The molecule has 5 heteroatoms. The molecule has 0 atom stereocenters. The summed E-state index contributed by atoms with van der Waals surface area (Å²) >= 11 is 0. The molecule has 1 radical (unpaired) electrons. The predicted octanol–water partition coefficient (Wildman–Crippen LogP) is 0.0217. The average molecular weight is 240 g/mol. The van der Waals surface area contributed by atoms with Gasteiger partial charge in [-0.1, -0.05) is 0 Å². The second kappa shape index (κ2) is 6.80. The van der Waals surface area contributed by atoms with Gasteiger partial charge in [0.1, 0.15) is 6.42 Å². The summed E-state index contributed by atoms with van der Waals surface area (Å²) in [6.45, 7) is 1.85. The van der Waals surface area contributed by atoms with Crippen LogP contribution in [0.3, 0.4) is 0 Å². The van der Waals surface area contributed by atoms with Crippen LogP contribution in [-0.2, 0) is 36.7 Å². The minimum Gasteiger partial charge on any atom is -0.481 e. The summed E-state index contributed by atoms with van der Waals surface area (Å²) in [5, 5.41) is 8.01. The monoisotopic (exact) mass is 239 g/mol. The van der Waals surface area contributed by atoms with Crippen LogP contribution in [0.5, 0.6) is 0 Å². The Hall–Kier alpha value is -0.320. The number of aliphatic carboxylic acids is 1. The van der Waals surface area contributed by atoms with Crippen molar-refractivity contribution in [3.05, 3.63) is 0 Å². The van der Waals surface area contributed by atoms with Crippen LogP contribution in [0, 0.1) is 0 Å². The van der Waals surface area contributed by atoms with Gasteiger partial charge in [0, 0.05) is 22.4 Å². The maximum atomic E-state index is 10.3. The molecule has 0 amide bonds. The van der Waals surface area contributed by atoms with Crippen molar-refractivity contribution in [1.82, 2.24) is 0 Å². The average Bonchev–Trinajstić information content (AvgIpc) is 1.63. The molecule has 63 valence electrons. The molecule has 0 unspecified atom stereocenters. The SMILES string of the molecule is CCOC(=O)CC(=O)O.[Ag]. The summed E-state index contributed by atoms with van der Waals surface area (Å²) < 4.78 is 4.33. The van der Waals surface area contributed by atoms with E-state index in [0.29, 0.717) is 0 Å². The molecule has 0 aromatic carbocycles. The number of hydrogen-bond acceptors (Lipinski definition) is 3. The molecule has 0 aliphatic rings. The van der Waals surface area contributed by atoms with E-state index in [2.05, 4.69) is 4.74 Å². The molecule has 0 aromatic rings. The molecule has 0 fully saturated rings. The van der Waals surface area contributed by atoms with Crippen LogP contribution in [-0.4, -0.2) is 23.7 Å². The van der Waals surface area contributed by atoms with Crippen molar-refractivity contribution < 1.29 is 41.8 Å². The molecule has 0 spiro atoms. The van der Waals surface area contributed by atoms with Crippen molar-refractivity contribution in [2.24, 2.45) is 0 Å². The fraction of sp³-hybridized carbons (Fsp3) is 0.600. The zero-order valence-electron chi connectivity index (χ0n) is 5.39. The van der Waals surface area contributed by atoms with Crippen molar-refractivity contribution in [2.45, 2.75) is 13.3 Å². The second-order valence-electron chi connectivity index (χ2n) is 1.38. The Morgan fingerprint density at radius 2 is 2.00 bits per heavy atom. The number of rotatable bonds is 3. The molecule has 0 saturated carbocycles. The summed E-state index contributed by atoms with van der Waals surface area (Å²) in [6, 6.07) is 0. The molecule has 0 heterocycles. The van der Waals surface area contributed by atoms with E-state index in [1.54, 1.807) is 6.92 Å². The number of carboxylic acids is 1. The van der Waals surface area contributed by atoms with Crippen molar-refractivity contribution in [2.75, 3.05) is 6.61 Å². The molecule has 0 rings (SSSR count). The normalized spacial score (nSPS) is 7.70. The quantitative estimate of drug-likeness (QED) is 0.429. The first kappa shape index (κ1) is 12.4. The van der Waals surface area contributed by atoms with Crippen LogP contribution in [0.2, 0.25) is 0 Å². The standard InChI is InChI=1S/C5H8O4.Ag/c1-2-9-5(8)3-4(6)7;/h2-3H2,1H3,(H,6,7);. The molecule has 0 saturated heterocycles. The summed E-state index contributed by atoms with van der Waals surface area (Å²) in [6.07, 6.45) is -0.548. The van der Waals surface area contributed by atoms with Crippen molar-refractivity contribution >= 4 is 11.9 Å². The Labute approximate surface area is 74.1 Å². The fourth-order valence-electron chi connectivity index (χ4n) is 0.335. The fourth-order valence-corrected chi connectivity index (χ4v) is 0.335. The van der Waals surface area contributed by atoms with Crippen molar-refractivity contribution in [1.29, 1.82) is 0 Å². The summed E-state index contributed by atoms with van der Waals surface area (Å²) in [7, 11) is 0. The predicted molar refractivity (Wildman–Crippen MR) is 28.9 cm³/mol. The van der Waals surface area contributed by atoms with Gasteiger partial charge in [-0.25, -0.2) is 0 Å². The van der Waals surface area contributed by atoms with Crippen LogP contribution >= 0.6 is 0 Å². The minimum atomic E-state index is -1.16. The molecule has 10 heavy (non-hydrogen) atoms. The summed E-state index contributed by atoms with van der Waals surface area (Å²) in [5.41, 5.74) is 0. The third-order valence-corrected chi connectivity index (χ3v) is 0.601. The zero-order chi connectivity index (χ0) is 7.28. The Morgan fingerprint density at radius 3 is 2.30 bits per heavy atom. The summed E-state index contributed by atoms with van der Waals surface area (Å²) in [4.78, 5) is 20.0. The number of esters is 1. The third kappa shape index (κ3) is 7.68. The van der Waals surface area contributed by atoms with E-state index in [4.69, 9.17) is 5.11 Å². The van der Waals surface area contributed by atoms with Gasteiger partial charge < -0.3 is 9.84 Å². The van der Waals surface area contributed by atoms with Gasteiger partial charge in [-0.15, -0.1) is 0 Å². The number of hydrogen-bond donors (Lipinski definition) is 1. The third-order valence-electron chi connectivity index (χ3n) is 0.601. The minimum absolute atomic E-state index is 0. The van der Waals surface area contributed by atoms with Gasteiger partial charge >= 0.3 is 11.9 Å². The van der Waals surface area contributed by atoms with Gasteiger partial charge in [-0.05, 0) is 6.92 Å². The van der Waals surface area contributed by atoms with Crippen LogP contribution in [0.4, 0.5) is 0 Å². The molecule has 0 aliphatic carbocycles. The molecule has 0 aliphatic heterocycles. The number of carbonyl (C=O) groups excluding carboxylic acids is 1. The van der Waals surface area contributed by atoms with E-state index in [1.807, 2.05) is 0 Å². The van der Waals surface area contributed by atoms with Gasteiger partial charge in [0.15, 0.2) is 0 Å². The van der Waals surface area contributed by atoms with Crippen LogP contribution in [0.1, 0.15) is 13.3 Å². The van der Waals surface area contributed by atoms with Gasteiger partial charge in [0.25, 0.3) is 0 Å². The first-order chi connectivity index (χ1) is 4.16. The molecular formula is C5H8AgO4. The number of carboxylic acid groups (broad SMARTS) is 1. The Bertz CT molecular complexity index is 123. The smallest absolute Gasteiger partial charge is 0.317 e. The zero-order valence-corrected chi connectivity index (χ0v) is 6.87. The maximum Gasteiger partial charge on any atom is 0.317 e. The van der Waals surface area contributed by atoms with E-state index in [0.717, 1.165) is 0 Å². The van der Waals surface area contributed by atoms with Gasteiger partial charge in [-0.2, -0.15) is 0 Å². The van der Waals surface area contributed by atoms with Crippen molar-refractivity contribution in [3.63, 3.8) is 0 Å². The molecule has 0 bridgehead atoms. The Balaban J connectivity index is 0. The summed E-state index contributed by atoms with van der Waals surface area (Å²) in [5.74, 6) is -1.85. The first-order valence-corrected chi connectivity index (χ1v) is 2.54. The molecular weight excluding hydrogens is 232 g/mol. The second-order valence-corrected chi connectivity index (χ2v) is 1.38. The van der Waals surface area contributed by atoms with Crippen LogP contribution < -0.4 is 0 Å². The van der Waals surface area contributed by atoms with E-state index in [1.165, 1.54) is 0 Å². The first-order valence-electron chi connectivity index (χ1n) is 2.54.